The van der Waals surface area contributed by atoms with Gasteiger partial charge in [-0.05, 0) is 25.0 Å². The Bertz CT molecular complexity index is 632. The fourth-order valence-electron chi connectivity index (χ4n) is 2.84. The zero-order valence-corrected chi connectivity index (χ0v) is 12.3. The summed E-state index contributed by atoms with van der Waals surface area (Å²) in [6.45, 7) is 0.768. The number of hydrogen-bond acceptors (Lipinski definition) is 4. The van der Waals surface area contributed by atoms with Crippen LogP contribution in [-0.4, -0.2) is 40.3 Å². The first-order valence-corrected chi connectivity index (χ1v) is 7.10. The van der Waals surface area contributed by atoms with E-state index in [1.165, 1.54) is 7.11 Å². The maximum absolute atomic E-state index is 12.6. The third kappa shape index (κ3) is 2.66. The molecule has 2 aromatic rings. The molecule has 3 rings (SSSR count). The minimum absolute atomic E-state index is 0.0667. The van der Waals surface area contributed by atoms with Crippen LogP contribution < -0.4 is 4.74 Å². The zero-order chi connectivity index (χ0) is 14.8. The van der Waals surface area contributed by atoms with E-state index in [2.05, 4.69) is 5.10 Å². The van der Waals surface area contributed by atoms with Gasteiger partial charge in [0.25, 0.3) is 11.9 Å². The molecule has 3 heterocycles. The van der Waals surface area contributed by atoms with Gasteiger partial charge in [-0.3, -0.25) is 9.48 Å². The van der Waals surface area contributed by atoms with Crippen molar-refractivity contribution in [1.82, 2.24) is 14.7 Å². The summed E-state index contributed by atoms with van der Waals surface area (Å²) in [7, 11) is 3.45. The van der Waals surface area contributed by atoms with Crippen LogP contribution in [0.5, 0.6) is 5.95 Å². The summed E-state index contributed by atoms with van der Waals surface area (Å²) >= 11 is 0. The number of aryl methyl sites for hydroxylation is 1. The summed E-state index contributed by atoms with van der Waals surface area (Å²) in [6, 6.07) is 5.53. The molecular weight excluding hydrogens is 270 g/mol. The Morgan fingerprint density at radius 2 is 2.33 bits per heavy atom. The molecule has 0 radical (unpaired) electrons. The Balaban J connectivity index is 1.74. The topological polar surface area (TPSA) is 60.5 Å². The quantitative estimate of drug-likeness (QED) is 0.862. The van der Waals surface area contributed by atoms with Crippen molar-refractivity contribution in [2.24, 2.45) is 7.05 Å². The minimum atomic E-state index is -0.0667. The molecule has 1 atom stereocenters. The van der Waals surface area contributed by atoms with Crippen LogP contribution in [0.2, 0.25) is 0 Å². The number of carbonyl (C=O) groups excluding carboxylic acids is 1. The molecule has 0 saturated carbocycles. The third-order valence-corrected chi connectivity index (χ3v) is 4.00. The van der Waals surface area contributed by atoms with Crippen LogP contribution in [0.25, 0.3) is 0 Å². The fraction of sp³-hybridized carbons (Fsp3) is 0.467. The Hall–Kier alpha value is -2.24. The fourth-order valence-corrected chi connectivity index (χ4v) is 2.84. The molecule has 0 bridgehead atoms. The highest BCUT2D eigenvalue weighted by molar-refractivity contribution is 5.92. The Morgan fingerprint density at radius 1 is 1.48 bits per heavy atom. The molecule has 6 heteroatoms. The molecular formula is C15H19N3O3. The van der Waals surface area contributed by atoms with Crippen molar-refractivity contribution in [2.75, 3.05) is 13.7 Å². The van der Waals surface area contributed by atoms with E-state index in [0.29, 0.717) is 11.7 Å². The van der Waals surface area contributed by atoms with Gasteiger partial charge in [0.1, 0.15) is 0 Å². The average Bonchev–Trinajstić information content (AvgIpc) is 3.20. The lowest BCUT2D eigenvalue weighted by molar-refractivity contribution is 0.0696. The van der Waals surface area contributed by atoms with Crippen LogP contribution in [0.4, 0.5) is 0 Å². The number of amides is 1. The van der Waals surface area contributed by atoms with E-state index in [9.17, 15) is 4.79 Å². The van der Waals surface area contributed by atoms with Crippen molar-refractivity contribution in [2.45, 2.75) is 25.3 Å². The molecule has 1 amide bonds. The van der Waals surface area contributed by atoms with Crippen molar-refractivity contribution < 1.29 is 13.9 Å². The lowest BCUT2D eigenvalue weighted by atomic mass is 10.1. The lowest BCUT2D eigenvalue weighted by Crippen LogP contribution is -2.37. The first-order chi connectivity index (χ1) is 10.2. The monoisotopic (exact) mass is 289 g/mol. The van der Waals surface area contributed by atoms with Crippen LogP contribution >= 0.6 is 0 Å². The normalized spacial score (nSPS) is 18.2. The summed E-state index contributed by atoms with van der Waals surface area (Å²) < 4.78 is 12.2. The molecule has 112 valence electrons. The van der Waals surface area contributed by atoms with Crippen molar-refractivity contribution in [1.29, 1.82) is 0 Å². The smallest absolute Gasteiger partial charge is 0.289 e. The maximum atomic E-state index is 12.6. The number of carbonyl (C=O) groups is 1. The largest absolute Gasteiger partial charge is 0.468 e. The number of likely N-dealkylation sites (tertiary alicyclic amines) is 1. The highest BCUT2D eigenvalue weighted by Crippen LogP contribution is 2.25. The second-order valence-corrected chi connectivity index (χ2v) is 5.27. The number of aromatic nitrogens is 2. The number of rotatable bonds is 4. The Kier molecular flexibility index (Phi) is 3.68. The van der Waals surface area contributed by atoms with Crippen molar-refractivity contribution in [3.05, 3.63) is 35.9 Å². The van der Waals surface area contributed by atoms with Crippen molar-refractivity contribution in [3.8, 4) is 5.95 Å². The SMILES string of the molecule is COc1ccc(C(=O)N2CCC[C@H]2Cc2ccnn2C)o1. The predicted molar refractivity (Wildman–Crippen MR) is 76.2 cm³/mol. The zero-order valence-electron chi connectivity index (χ0n) is 12.3. The Labute approximate surface area is 123 Å². The highest BCUT2D eigenvalue weighted by atomic mass is 16.6. The first-order valence-electron chi connectivity index (χ1n) is 7.10. The van der Waals surface area contributed by atoms with Gasteiger partial charge in [-0.1, -0.05) is 0 Å². The van der Waals surface area contributed by atoms with Gasteiger partial charge in [-0.2, -0.15) is 5.10 Å². The van der Waals surface area contributed by atoms with E-state index in [4.69, 9.17) is 9.15 Å². The molecule has 2 aromatic heterocycles. The van der Waals surface area contributed by atoms with Crippen LogP contribution in [0, 0.1) is 0 Å². The standard InChI is InChI=1S/C15H19N3O3/c1-17-11(7-8-16-17)10-12-4-3-9-18(12)15(19)13-5-6-14(20-2)21-13/h5-8,12H,3-4,9-10H2,1-2H3/t12-/m0/s1. The average molecular weight is 289 g/mol. The van der Waals surface area contributed by atoms with Gasteiger partial charge in [0.2, 0.25) is 0 Å². The summed E-state index contributed by atoms with van der Waals surface area (Å²) in [5.41, 5.74) is 1.14. The van der Waals surface area contributed by atoms with E-state index >= 15 is 0 Å². The number of nitrogens with zero attached hydrogens (tertiary/aromatic N) is 3. The van der Waals surface area contributed by atoms with Crippen LogP contribution in [-0.2, 0) is 13.5 Å². The summed E-state index contributed by atoms with van der Waals surface area (Å²) in [5.74, 6) is 0.632. The molecule has 0 spiro atoms. The molecule has 0 aliphatic carbocycles. The third-order valence-electron chi connectivity index (χ3n) is 4.00. The van der Waals surface area contributed by atoms with Gasteiger partial charge in [0.15, 0.2) is 5.76 Å². The molecule has 6 nitrogen and oxygen atoms in total. The number of ether oxygens (including phenoxy) is 1. The minimum Gasteiger partial charge on any atom is -0.468 e. The number of methoxy groups -OCH3 is 1. The molecule has 1 aliphatic rings. The number of hydrogen-bond donors (Lipinski definition) is 0. The van der Waals surface area contributed by atoms with Gasteiger partial charge in [-0.15, -0.1) is 0 Å². The van der Waals surface area contributed by atoms with E-state index in [1.807, 2.05) is 22.7 Å². The molecule has 0 aromatic carbocycles. The molecule has 1 fully saturated rings. The first kappa shape index (κ1) is 13.7. The molecule has 0 unspecified atom stereocenters. The second kappa shape index (κ2) is 5.63. The summed E-state index contributed by atoms with van der Waals surface area (Å²) in [4.78, 5) is 14.4. The summed E-state index contributed by atoms with van der Waals surface area (Å²) in [6.07, 6.45) is 4.63. The Morgan fingerprint density at radius 3 is 3.00 bits per heavy atom. The molecule has 0 N–H and O–H groups in total. The van der Waals surface area contributed by atoms with Gasteiger partial charge in [-0.25, -0.2) is 0 Å². The van der Waals surface area contributed by atoms with E-state index in [-0.39, 0.29) is 11.9 Å². The molecule has 1 saturated heterocycles. The number of furan rings is 1. The van der Waals surface area contributed by atoms with E-state index < -0.39 is 0 Å². The van der Waals surface area contributed by atoms with E-state index in [0.717, 1.165) is 31.5 Å². The van der Waals surface area contributed by atoms with Crippen LogP contribution in [0.3, 0.4) is 0 Å². The van der Waals surface area contributed by atoms with Crippen molar-refractivity contribution in [3.63, 3.8) is 0 Å². The molecule has 1 aliphatic heterocycles. The molecule has 21 heavy (non-hydrogen) atoms. The van der Waals surface area contributed by atoms with Gasteiger partial charge in [0.05, 0.1) is 7.11 Å². The van der Waals surface area contributed by atoms with Gasteiger partial charge >= 0.3 is 0 Å². The summed E-state index contributed by atoms with van der Waals surface area (Å²) in [5, 5.41) is 4.18. The van der Waals surface area contributed by atoms with Crippen molar-refractivity contribution >= 4 is 5.91 Å². The van der Waals surface area contributed by atoms with Crippen LogP contribution in [0.15, 0.2) is 28.8 Å². The maximum Gasteiger partial charge on any atom is 0.289 e. The van der Waals surface area contributed by atoms with Gasteiger partial charge < -0.3 is 14.1 Å². The van der Waals surface area contributed by atoms with Crippen LogP contribution in [0.1, 0.15) is 29.1 Å². The predicted octanol–water partition coefficient (Wildman–Crippen LogP) is 1.87. The highest BCUT2D eigenvalue weighted by Gasteiger charge is 2.31. The second-order valence-electron chi connectivity index (χ2n) is 5.27. The van der Waals surface area contributed by atoms with E-state index in [1.54, 1.807) is 18.3 Å². The van der Waals surface area contributed by atoms with Gasteiger partial charge in [0, 0.05) is 44.0 Å². The lowest BCUT2D eigenvalue weighted by Gasteiger charge is -2.23.